The Balaban J connectivity index is 2.25. The van der Waals surface area contributed by atoms with Gasteiger partial charge in [-0.15, -0.1) is 11.3 Å². The molecule has 7 nitrogen and oxygen atoms in total. The Morgan fingerprint density at radius 3 is 2.56 bits per heavy atom. The molecule has 0 spiro atoms. The molecule has 0 saturated carbocycles. The number of Topliss-reactive ketones (excluding diaryl/α,β-unsaturated/α-hetero) is 1. The summed E-state index contributed by atoms with van der Waals surface area (Å²) in [5, 5.41) is 5.07. The third-order valence-electron chi connectivity index (χ3n) is 3.09. The van der Waals surface area contributed by atoms with E-state index in [-0.39, 0.29) is 24.5 Å². The number of nitrogens with one attached hydrogen (secondary N) is 2. The highest BCUT2D eigenvalue weighted by molar-refractivity contribution is 7.18. The van der Waals surface area contributed by atoms with Crippen molar-refractivity contribution in [3.05, 3.63) is 21.3 Å². The van der Waals surface area contributed by atoms with Gasteiger partial charge in [0.15, 0.2) is 12.4 Å². The molecule has 138 valence electrons. The van der Waals surface area contributed by atoms with Crippen LogP contribution in [0, 0.1) is 0 Å². The first-order valence-corrected chi connectivity index (χ1v) is 9.04. The van der Waals surface area contributed by atoms with Gasteiger partial charge in [-0.3, -0.25) is 19.2 Å². The van der Waals surface area contributed by atoms with E-state index in [1.165, 1.54) is 6.92 Å². The molecule has 0 saturated heterocycles. The molecular formula is C16H21ClN2O5S. The normalized spacial score (nSPS) is 11.5. The molecule has 2 amide bonds. The van der Waals surface area contributed by atoms with Crippen LogP contribution in [0.5, 0.6) is 0 Å². The van der Waals surface area contributed by atoms with Gasteiger partial charge in [-0.05, 0) is 25.5 Å². The fourth-order valence-electron chi connectivity index (χ4n) is 1.77. The van der Waals surface area contributed by atoms with Gasteiger partial charge in [0, 0.05) is 13.0 Å². The number of hydrogen-bond acceptors (Lipinski definition) is 6. The van der Waals surface area contributed by atoms with Gasteiger partial charge in [0.1, 0.15) is 6.04 Å². The molecule has 1 aromatic heterocycles. The molecular weight excluding hydrogens is 368 g/mol. The van der Waals surface area contributed by atoms with Crippen molar-refractivity contribution in [1.82, 2.24) is 10.6 Å². The van der Waals surface area contributed by atoms with Crippen LogP contribution in [0.3, 0.4) is 0 Å². The molecule has 0 bridgehead atoms. The third-order valence-corrected chi connectivity index (χ3v) is 4.36. The molecule has 1 atom stereocenters. The van der Waals surface area contributed by atoms with Gasteiger partial charge in [-0.2, -0.15) is 0 Å². The Morgan fingerprint density at radius 2 is 1.96 bits per heavy atom. The number of ether oxygens (including phenoxy) is 1. The molecule has 25 heavy (non-hydrogen) atoms. The lowest BCUT2D eigenvalue weighted by atomic mass is 10.2. The highest BCUT2D eigenvalue weighted by Crippen LogP contribution is 2.22. The topological polar surface area (TPSA) is 102 Å². The van der Waals surface area contributed by atoms with E-state index in [1.807, 2.05) is 6.92 Å². The molecule has 0 unspecified atom stereocenters. The highest BCUT2D eigenvalue weighted by Gasteiger charge is 2.17. The molecule has 1 aromatic rings. The molecule has 1 heterocycles. The van der Waals surface area contributed by atoms with Crippen molar-refractivity contribution in [2.75, 3.05) is 13.2 Å². The molecule has 0 aromatic carbocycles. The van der Waals surface area contributed by atoms with Gasteiger partial charge in [0.25, 0.3) is 5.91 Å². The van der Waals surface area contributed by atoms with Crippen molar-refractivity contribution in [3.63, 3.8) is 0 Å². The van der Waals surface area contributed by atoms with Crippen LogP contribution >= 0.6 is 22.9 Å². The molecule has 0 aliphatic heterocycles. The molecule has 2 N–H and O–H groups in total. The predicted octanol–water partition coefficient (Wildman–Crippen LogP) is 1.94. The average molecular weight is 389 g/mol. The van der Waals surface area contributed by atoms with Crippen LogP contribution in [0.1, 0.15) is 42.8 Å². The van der Waals surface area contributed by atoms with Crippen LogP contribution in [0.2, 0.25) is 4.34 Å². The quantitative estimate of drug-likeness (QED) is 0.471. The number of carbonyl (C=O) groups is 4. The van der Waals surface area contributed by atoms with Crippen molar-refractivity contribution in [1.29, 1.82) is 0 Å². The minimum absolute atomic E-state index is 0.0207. The average Bonchev–Trinajstić information content (AvgIpc) is 3.02. The Hall–Kier alpha value is -1.93. The highest BCUT2D eigenvalue weighted by atomic mass is 35.5. The molecule has 1 rings (SSSR count). The lowest BCUT2D eigenvalue weighted by molar-refractivity contribution is -0.148. The smallest absolute Gasteiger partial charge is 0.306 e. The summed E-state index contributed by atoms with van der Waals surface area (Å²) in [4.78, 5) is 47.2. The summed E-state index contributed by atoms with van der Waals surface area (Å²) in [5.74, 6) is -1.75. The van der Waals surface area contributed by atoms with Gasteiger partial charge >= 0.3 is 5.97 Å². The van der Waals surface area contributed by atoms with E-state index in [4.69, 9.17) is 16.3 Å². The van der Waals surface area contributed by atoms with E-state index in [9.17, 15) is 19.2 Å². The zero-order chi connectivity index (χ0) is 18.8. The first kappa shape index (κ1) is 21.1. The van der Waals surface area contributed by atoms with Gasteiger partial charge in [0.05, 0.1) is 15.6 Å². The zero-order valence-electron chi connectivity index (χ0n) is 14.1. The van der Waals surface area contributed by atoms with Crippen LogP contribution in [-0.4, -0.2) is 42.8 Å². The Morgan fingerprint density at radius 1 is 1.24 bits per heavy atom. The number of carbonyl (C=O) groups excluding carboxylic acids is 4. The fraction of sp³-hybridized carbons (Fsp3) is 0.500. The number of esters is 1. The largest absolute Gasteiger partial charge is 0.456 e. The monoisotopic (exact) mass is 388 g/mol. The van der Waals surface area contributed by atoms with Crippen LogP contribution in [0.15, 0.2) is 12.1 Å². The summed E-state index contributed by atoms with van der Waals surface area (Å²) < 4.78 is 5.30. The number of halogens is 1. The Bertz CT molecular complexity index is 632. The van der Waals surface area contributed by atoms with Crippen molar-refractivity contribution < 1.29 is 23.9 Å². The first-order valence-electron chi connectivity index (χ1n) is 7.84. The maximum absolute atomic E-state index is 11.8. The molecule has 0 aliphatic carbocycles. The summed E-state index contributed by atoms with van der Waals surface area (Å²) in [6.45, 7) is 3.48. The summed E-state index contributed by atoms with van der Waals surface area (Å²) in [6, 6.07) is 2.49. The number of hydrogen-bond donors (Lipinski definition) is 2. The van der Waals surface area contributed by atoms with Crippen molar-refractivity contribution in [3.8, 4) is 0 Å². The number of thiophene rings is 1. The van der Waals surface area contributed by atoms with E-state index in [0.29, 0.717) is 15.8 Å². The van der Waals surface area contributed by atoms with Gasteiger partial charge in [-0.1, -0.05) is 18.5 Å². The second-order valence-corrected chi connectivity index (χ2v) is 6.98. The standard InChI is InChI=1S/C16H21ClN2O5S/c1-3-8-18-16(23)10(2)19-14(21)9-24-15(22)7-4-11(20)12-5-6-13(17)25-12/h5-6,10H,3-4,7-9H2,1-2H3,(H,18,23)(H,19,21)/t10-/m0/s1. The summed E-state index contributed by atoms with van der Waals surface area (Å²) in [6.07, 6.45) is 0.641. The maximum atomic E-state index is 11.8. The van der Waals surface area contributed by atoms with Gasteiger partial charge < -0.3 is 15.4 Å². The SMILES string of the molecule is CCCNC(=O)[C@H](C)NC(=O)COC(=O)CCC(=O)c1ccc(Cl)s1. The number of rotatable bonds is 10. The Kier molecular flexibility index (Phi) is 9.15. The molecule has 0 aliphatic rings. The first-order chi connectivity index (χ1) is 11.8. The van der Waals surface area contributed by atoms with E-state index >= 15 is 0 Å². The van der Waals surface area contributed by atoms with E-state index < -0.39 is 24.5 Å². The van der Waals surface area contributed by atoms with Crippen LogP contribution in [-0.2, 0) is 19.1 Å². The number of ketones is 1. The third kappa shape index (κ3) is 8.13. The summed E-state index contributed by atoms with van der Waals surface area (Å²) in [5.41, 5.74) is 0. The molecule has 0 fully saturated rings. The van der Waals surface area contributed by atoms with Crippen molar-refractivity contribution in [2.45, 2.75) is 39.2 Å². The van der Waals surface area contributed by atoms with E-state index in [2.05, 4.69) is 10.6 Å². The van der Waals surface area contributed by atoms with Crippen molar-refractivity contribution >= 4 is 46.5 Å². The van der Waals surface area contributed by atoms with E-state index in [0.717, 1.165) is 17.8 Å². The predicted molar refractivity (Wildman–Crippen MR) is 94.8 cm³/mol. The van der Waals surface area contributed by atoms with E-state index in [1.54, 1.807) is 12.1 Å². The lowest BCUT2D eigenvalue weighted by Gasteiger charge is -2.13. The Labute approximate surface area is 155 Å². The summed E-state index contributed by atoms with van der Waals surface area (Å²) >= 11 is 6.89. The minimum atomic E-state index is -0.720. The number of amides is 2. The van der Waals surface area contributed by atoms with Crippen LogP contribution in [0.25, 0.3) is 0 Å². The maximum Gasteiger partial charge on any atom is 0.306 e. The lowest BCUT2D eigenvalue weighted by Crippen LogP contribution is -2.46. The fourth-order valence-corrected chi connectivity index (χ4v) is 2.78. The minimum Gasteiger partial charge on any atom is -0.456 e. The molecule has 9 heteroatoms. The van der Waals surface area contributed by atoms with Gasteiger partial charge in [-0.25, -0.2) is 0 Å². The molecule has 0 radical (unpaired) electrons. The van der Waals surface area contributed by atoms with Crippen LogP contribution < -0.4 is 10.6 Å². The van der Waals surface area contributed by atoms with Crippen molar-refractivity contribution in [2.24, 2.45) is 0 Å². The van der Waals surface area contributed by atoms with Gasteiger partial charge in [0.2, 0.25) is 5.91 Å². The summed E-state index contributed by atoms with van der Waals surface area (Å²) in [7, 11) is 0. The van der Waals surface area contributed by atoms with Crippen LogP contribution in [0.4, 0.5) is 0 Å². The zero-order valence-corrected chi connectivity index (χ0v) is 15.7. The second-order valence-electron chi connectivity index (χ2n) is 5.27. The second kappa shape index (κ2) is 10.8.